The van der Waals surface area contributed by atoms with Crippen LogP contribution in [0.25, 0.3) is 10.2 Å². The molecule has 4 rings (SSSR count). The summed E-state index contributed by atoms with van der Waals surface area (Å²) in [5.74, 6) is -1.86. The number of aromatic nitrogens is 1. The number of fused-ring (bicyclic) bond motifs is 1. The molecular weight excluding hydrogens is 486 g/mol. The summed E-state index contributed by atoms with van der Waals surface area (Å²) < 4.78 is 59.0. The molecule has 6 nitrogen and oxygen atoms in total. The molecule has 0 aliphatic carbocycles. The van der Waals surface area contributed by atoms with Gasteiger partial charge in [-0.25, -0.2) is 14.2 Å². The van der Waals surface area contributed by atoms with Crippen LogP contribution in [-0.2, 0) is 17.5 Å². The van der Waals surface area contributed by atoms with Crippen molar-refractivity contribution in [2.24, 2.45) is 0 Å². The Labute approximate surface area is 203 Å². The number of carboxylic acid groups (broad SMARTS) is 1. The van der Waals surface area contributed by atoms with E-state index in [1.165, 1.54) is 0 Å². The molecular formula is C24H25F4N3O3S. The molecule has 1 N–H and O–H groups in total. The highest BCUT2D eigenvalue weighted by Crippen LogP contribution is 2.38. The summed E-state index contributed by atoms with van der Waals surface area (Å²) in [6, 6.07) is 9.12. The molecule has 1 aliphatic rings. The van der Waals surface area contributed by atoms with Crippen molar-refractivity contribution in [2.75, 3.05) is 31.1 Å². The van der Waals surface area contributed by atoms with Gasteiger partial charge in [-0.3, -0.25) is 4.90 Å². The number of hydrogen-bond donors (Lipinski definition) is 1. The molecule has 0 amide bonds. The number of rotatable bonds is 8. The predicted molar refractivity (Wildman–Crippen MR) is 125 cm³/mol. The molecule has 3 aromatic rings. The van der Waals surface area contributed by atoms with E-state index in [4.69, 9.17) is 9.84 Å². The first-order chi connectivity index (χ1) is 16.6. The number of anilines is 1. The zero-order chi connectivity index (χ0) is 25.2. The third-order valence-corrected chi connectivity index (χ3v) is 6.93. The molecule has 35 heavy (non-hydrogen) atoms. The monoisotopic (exact) mass is 511 g/mol. The normalized spacial score (nSPS) is 17.2. The van der Waals surface area contributed by atoms with Crippen molar-refractivity contribution < 1.29 is 32.2 Å². The standard InChI is InChI=1S/C24H25F4N3O3S/c1-2-4-16-13-30(12-15-5-3-6-17(9-15)34-14-22(32)33)7-8-31(16)23-29-20-11-19(25)18(24(26,27)28)10-21(20)35-23/h3,5-6,9-11,16H,2,4,7-8,12-14H2,1H3,(H,32,33)/t16-/m1/s1. The largest absolute Gasteiger partial charge is 0.482 e. The van der Waals surface area contributed by atoms with E-state index in [2.05, 4.69) is 21.7 Å². The van der Waals surface area contributed by atoms with Crippen LogP contribution in [0.3, 0.4) is 0 Å². The Kier molecular flexibility index (Phi) is 7.46. The number of ether oxygens (including phenoxy) is 1. The molecule has 1 fully saturated rings. The molecule has 1 saturated heterocycles. The van der Waals surface area contributed by atoms with Crippen molar-refractivity contribution in [2.45, 2.75) is 38.5 Å². The van der Waals surface area contributed by atoms with E-state index in [-0.39, 0.29) is 11.6 Å². The van der Waals surface area contributed by atoms with Crippen LogP contribution in [0, 0.1) is 5.82 Å². The van der Waals surface area contributed by atoms with Gasteiger partial charge >= 0.3 is 12.1 Å². The van der Waals surface area contributed by atoms with Gasteiger partial charge in [-0.1, -0.05) is 36.8 Å². The van der Waals surface area contributed by atoms with Gasteiger partial charge in [0.15, 0.2) is 11.7 Å². The van der Waals surface area contributed by atoms with E-state index in [1.807, 2.05) is 18.2 Å². The molecule has 0 bridgehead atoms. The number of benzene rings is 2. The summed E-state index contributed by atoms with van der Waals surface area (Å²) in [4.78, 5) is 19.6. The van der Waals surface area contributed by atoms with Gasteiger partial charge in [0.05, 0.1) is 15.8 Å². The Morgan fingerprint density at radius 3 is 2.77 bits per heavy atom. The van der Waals surface area contributed by atoms with Gasteiger partial charge in [-0.05, 0) is 30.2 Å². The number of thiazole rings is 1. The SMILES string of the molecule is CCC[C@@H]1CN(Cc2cccc(OCC(=O)O)c2)CCN1c1nc2cc(F)c(C(F)(F)F)cc2s1. The second-order valence-corrected chi connectivity index (χ2v) is 9.50. The number of carboxylic acids is 1. The quantitative estimate of drug-likeness (QED) is 0.408. The van der Waals surface area contributed by atoms with E-state index in [9.17, 15) is 22.4 Å². The van der Waals surface area contributed by atoms with Crippen LogP contribution in [0.5, 0.6) is 5.75 Å². The summed E-state index contributed by atoms with van der Waals surface area (Å²) in [7, 11) is 0. The summed E-state index contributed by atoms with van der Waals surface area (Å²) in [6.45, 7) is 4.39. The number of piperazine rings is 1. The van der Waals surface area contributed by atoms with E-state index in [1.54, 1.807) is 6.07 Å². The summed E-state index contributed by atoms with van der Waals surface area (Å²) in [6.07, 6.45) is -2.96. The molecule has 188 valence electrons. The van der Waals surface area contributed by atoms with Gasteiger partial charge in [0.25, 0.3) is 0 Å². The zero-order valence-corrected chi connectivity index (χ0v) is 19.8. The number of nitrogens with zero attached hydrogens (tertiary/aromatic N) is 3. The lowest BCUT2D eigenvalue weighted by Gasteiger charge is -2.41. The molecule has 0 radical (unpaired) electrons. The number of aliphatic carboxylic acids is 1. The number of halogens is 4. The Morgan fingerprint density at radius 1 is 1.26 bits per heavy atom. The highest BCUT2D eigenvalue weighted by atomic mass is 32.1. The average molecular weight is 512 g/mol. The molecule has 2 heterocycles. The maximum Gasteiger partial charge on any atom is 0.419 e. The first-order valence-corrected chi connectivity index (χ1v) is 12.1. The highest BCUT2D eigenvalue weighted by molar-refractivity contribution is 7.22. The van der Waals surface area contributed by atoms with Crippen molar-refractivity contribution in [3.8, 4) is 5.75 Å². The van der Waals surface area contributed by atoms with Gasteiger partial charge in [-0.15, -0.1) is 0 Å². The smallest absolute Gasteiger partial charge is 0.419 e. The molecule has 1 atom stereocenters. The van der Waals surface area contributed by atoms with Gasteiger partial charge < -0.3 is 14.7 Å². The van der Waals surface area contributed by atoms with Gasteiger partial charge in [-0.2, -0.15) is 13.2 Å². The van der Waals surface area contributed by atoms with E-state index in [0.717, 1.165) is 48.4 Å². The molecule has 0 spiro atoms. The fraction of sp³-hybridized carbons (Fsp3) is 0.417. The van der Waals surface area contributed by atoms with Crippen LogP contribution >= 0.6 is 11.3 Å². The number of alkyl halides is 3. The lowest BCUT2D eigenvalue weighted by Crippen LogP contribution is -2.52. The first kappa shape index (κ1) is 25.2. The fourth-order valence-corrected chi connectivity index (χ4v) is 5.39. The fourth-order valence-electron chi connectivity index (χ4n) is 4.31. The van der Waals surface area contributed by atoms with Gasteiger partial charge in [0.1, 0.15) is 11.6 Å². The lowest BCUT2D eigenvalue weighted by atomic mass is 10.1. The summed E-state index contributed by atoms with van der Waals surface area (Å²) in [5, 5.41) is 9.40. The van der Waals surface area contributed by atoms with Crippen molar-refractivity contribution in [3.05, 3.63) is 53.3 Å². The van der Waals surface area contributed by atoms with Gasteiger partial charge in [0, 0.05) is 38.3 Å². The highest BCUT2D eigenvalue weighted by Gasteiger charge is 2.35. The second-order valence-electron chi connectivity index (χ2n) is 8.49. The Hall–Kier alpha value is -2.92. The van der Waals surface area contributed by atoms with Crippen molar-refractivity contribution >= 4 is 32.7 Å². The minimum absolute atomic E-state index is 0.104. The van der Waals surface area contributed by atoms with Crippen LogP contribution in [0.2, 0.25) is 0 Å². The maximum absolute atomic E-state index is 14.0. The van der Waals surface area contributed by atoms with Crippen LogP contribution < -0.4 is 9.64 Å². The summed E-state index contributed by atoms with van der Waals surface area (Å²) in [5.41, 5.74) is -0.0530. The maximum atomic E-state index is 14.0. The predicted octanol–water partition coefficient (Wildman–Crippen LogP) is 5.41. The van der Waals surface area contributed by atoms with Crippen LogP contribution in [-0.4, -0.2) is 53.2 Å². The Morgan fingerprint density at radius 2 is 2.06 bits per heavy atom. The third-order valence-electron chi connectivity index (χ3n) is 5.87. The minimum atomic E-state index is -4.76. The molecule has 0 unspecified atom stereocenters. The molecule has 1 aliphatic heterocycles. The van der Waals surface area contributed by atoms with Crippen LogP contribution in [0.1, 0.15) is 30.9 Å². The molecule has 2 aromatic carbocycles. The van der Waals surface area contributed by atoms with Gasteiger partial charge in [0.2, 0.25) is 0 Å². The molecule has 11 heteroatoms. The minimum Gasteiger partial charge on any atom is -0.482 e. The number of hydrogen-bond acceptors (Lipinski definition) is 6. The van der Waals surface area contributed by atoms with Crippen molar-refractivity contribution in [1.82, 2.24) is 9.88 Å². The van der Waals surface area contributed by atoms with Crippen molar-refractivity contribution in [3.63, 3.8) is 0 Å². The third kappa shape index (κ3) is 6.02. The molecule has 1 aromatic heterocycles. The summed E-state index contributed by atoms with van der Waals surface area (Å²) >= 11 is 1.15. The van der Waals surface area contributed by atoms with E-state index in [0.29, 0.717) is 35.2 Å². The van der Waals surface area contributed by atoms with Crippen molar-refractivity contribution in [1.29, 1.82) is 0 Å². The van der Waals surface area contributed by atoms with E-state index < -0.39 is 30.1 Å². The van der Waals surface area contributed by atoms with Crippen LogP contribution in [0.15, 0.2) is 36.4 Å². The Bertz CT molecular complexity index is 1200. The molecule has 0 saturated carbocycles. The lowest BCUT2D eigenvalue weighted by molar-refractivity contribution is -0.140. The Balaban J connectivity index is 1.49. The number of carbonyl (C=O) groups is 1. The topological polar surface area (TPSA) is 65.9 Å². The zero-order valence-electron chi connectivity index (χ0n) is 19.0. The van der Waals surface area contributed by atoms with Crippen LogP contribution in [0.4, 0.5) is 22.7 Å². The second kappa shape index (κ2) is 10.4. The first-order valence-electron chi connectivity index (χ1n) is 11.2. The average Bonchev–Trinajstić information content (AvgIpc) is 3.20. The van der Waals surface area contributed by atoms with E-state index >= 15 is 0 Å².